The molecule has 0 amide bonds. The lowest BCUT2D eigenvalue weighted by molar-refractivity contribution is 0.301. The van der Waals surface area contributed by atoms with E-state index in [0.29, 0.717) is 12.5 Å². The van der Waals surface area contributed by atoms with Crippen molar-refractivity contribution in [2.24, 2.45) is 0 Å². The van der Waals surface area contributed by atoms with Gasteiger partial charge in [-0.1, -0.05) is 15.9 Å². The lowest BCUT2D eigenvalue weighted by Crippen LogP contribution is -2.00. The minimum Gasteiger partial charge on any atom is -0.497 e. The molecule has 0 atom stereocenters. The van der Waals surface area contributed by atoms with E-state index in [2.05, 4.69) is 15.9 Å². The monoisotopic (exact) mass is 370 g/mol. The van der Waals surface area contributed by atoms with Crippen LogP contribution in [0.15, 0.2) is 40.9 Å². The molecule has 5 heteroatoms. The molecule has 0 saturated heterocycles. The second kappa shape index (κ2) is 7.57. The SMILES string of the molecule is COc1ccc(Br)c(COc2ccc(OC)cc2CCl)c1. The number of benzene rings is 2. The number of alkyl halides is 1. The molecule has 0 radical (unpaired) electrons. The maximum Gasteiger partial charge on any atom is 0.124 e. The predicted molar refractivity (Wildman–Crippen MR) is 87.6 cm³/mol. The van der Waals surface area contributed by atoms with Gasteiger partial charge in [-0.05, 0) is 36.4 Å². The van der Waals surface area contributed by atoms with Gasteiger partial charge in [-0.2, -0.15) is 0 Å². The van der Waals surface area contributed by atoms with Gasteiger partial charge in [-0.15, -0.1) is 11.6 Å². The van der Waals surface area contributed by atoms with E-state index in [9.17, 15) is 0 Å². The molecule has 0 aliphatic heterocycles. The van der Waals surface area contributed by atoms with Crippen molar-refractivity contribution >= 4 is 27.5 Å². The van der Waals surface area contributed by atoms with Crippen molar-refractivity contribution in [3.8, 4) is 17.2 Å². The zero-order chi connectivity index (χ0) is 15.2. The summed E-state index contributed by atoms with van der Waals surface area (Å²) in [6, 6.07) is 11.4. The molecule has 0 unspecified atom stereocenters. The van der Waals surface area contributed by atoms with Crippen molar-refractivity contribution < 1.29 is 14.2 Å². The van der Waals surface area contributed by atoms with Crippen molar-refractivity contribution in [2.75, 3.05) is 14.2 Å². The molecule has 0 bridgehead atoms. The van der Waals surface area contributed by atoms with Crippen LogP contribution >= 0.6 is 27.5 Å². The smallest absolute Gasteiger partial charge is 0.124 e. The van der Waals surface area contributed by atoms with E-state index in [0.717, 1.165) is 32.8 Å². The second-order valence-corrected chi connectivity index (χ2v) is 5.47. The van der Waals surface area contributed by atoms with Gasteiger partial charge < -0.3 is 14.2 Å². The van der Waals surface area contributed by atoms with E-state index >= 15 is 0 Å². The Morgan fingerprint density at radius 3 is 2.19 bits per heavy atom. The summed E-state index contributed by atoms with van der Waals surface area (Å²) < 4.78 is 17.3. The average Bonchev–Trinajstić information content (AvgIpc) is 2.54. The van der Waals surface area contributed by atoms with Crippen molar-refractivity contribution in [3.05, 3.63) is 52.0 Å². The van der Waals surface area contributed by atoms with Gasteiger partial charge in [0.15, 0.2) is 0 Å². The Labute approximate surface area is 137 Å². The zero-order valence-electron chi connectivity index (χ0n) is 11.9. The molecule has 112 valence electrons. The van der Waals surface area contributed by atoms with Crippen LogP contribution in [0, 0.1) is 0 Å². The third-order valence-electron chi connectivity index (χ3n) is 3.05. The normalized spacial score (nSPS) is 10.3. The Morgan fingerprint density at radius 1 is 0.952 bits per heavy atom. The van der Waals surface area contributed by atoms with Gasteiger partial charge in [0.1, 0.15) is 23.9 Å². The summed E-state index contributed by atoms with van der Waals surface area (Å²) >= 11 is 9.47. The molecular formula is C16H16BrClO3. The summed E-state index contributed by atoms with van der Waals surface area (Å²) in [5, 5.41) is 0. The molecule has 0 aliphatic carbocycles. The molecule has 0 spiro atoms. The van der Waals surface area contributed by atoms with Gasteiger partial charge in [-0.25, -0.2) is 0 Å². The summed E-state index contributed by atoms with van der Waals surface area (Å²) in [4.78, 5) is 0. The average molecular weight is 372 g/mol. The van der Waals surface area contributed by atoms with Crippen molar-refractivity contribution in [2.45, 2.75) is 12.5 Å². The lowest BCUT2D eigenvalue weighted by atomic mass is 10.2. The molecule has 0 aliphatic rings. The minimum absolute atomic E-state index is 0.367. The fraction of sp³-hybridized carbons (Fsp3) is 0.250. The molecular weight excluding hydrogens is 356 g/mol. The predicted octanol–water partition coefficient (Wildman–Crippen LogP) is 4.78. The highest BCUT2D eigenvalue weighted by molar-refractivity contribution is 9.10. The van der Waals surface area contributed by atoms with Gasteiger partial charge in [0.25, 0.3) is 0 Å². The lowest BCUT2D eigenvalue weighted by Gasteiger charge is -2.13. The number of ether oxygens (including phenoxy) is 3. The topological polar surface area (TPSA) is 27.7 Å². The van der Waals surface area contributed by atoms with Gasteiger partial charge in [-0.3, -0.25) is 0 Å². The molecule has 0 N–H and O–H groups in total. The highest BCUT2D eigenvalue weighted by Crippen LogP contribution is 2.28. The molecule has 2 aromatic carbocycles. The number of hydrogen-bond donors (Lipinski definition) is 0. The molecule has 21 heavy (non-hydrogen) atoms. The first-order valence-electron chi connectivity index (χ1n) is 6.36. The third-order valence-corrected chi connectivity index (χ3v) is 4.11. The largest absolute Gasteiger partial charge is 0.497 e. The Balaban J connectivity index is 2.16. The molecule has 0 saturated carbocycles. The summed E-state index contributed by atoms with van der Waals surface area (Å²) in [6.45, 7) is 0.425. The van der Waals surface area contributed by atoms with Crippen molar-refractivity contribution in [1.29, 1.82) is 0 Å². The van der Waals surface area contributed by atoms with E-state index in [4.69, 9.17) is 25.8 Å². The zero-order valence-corrected chi connectivity index (χ0v) is 14.2. The summed E-state index contributed by atoms with van der Waals surface area (Å²) in [5.41, 5.74) is 1.90. The Hall–Kier alpha value is -1.39. The summed E-state index contributed by atoms with van der Waals surface area (Å²) in [7, 11) is 3.27. The van der Waals surface area contributed by atoms with Crippen LogP contribution in [0.3, 0.4) is 0 Å². The van der Waals surface area contributed by atoms with Crippen LogP contribution in [0.4, 0.5) is 0 Å². The van der Waals surface area contributed by atoms with Gasteiger partial charge >= 0.3 is 0 Å². The minimum atomic E-state index is 0.367. The van der Waals surface area contributed by atoms with Crippen LogP contribution < -0.4 is 14.2 Å². The Bertz CT molecular complexity index is 616. The van der Waals surface area contributed by atoms with E-state index in [1.807, 2.05) is 36.4 Å². The fourth-order valence-electron chi connectivity index (χ4n) is 1.87. The fourth-order valence-corrected chi connectivity index (χ4v) is 2.44. The maximum atomic E-state index is 5.96. The molecule has 2 rings (SSSR count). The first kappa shape index (κ1) is 16.0. The van der Waals surface area contributed by atoms with E-state index < -0.39 is 0 Å². The van der Waals surface area contributed by atoms with Crippen molar-refractivity contribution in [3.63, 3.8) is 0 Å². The molecule has 0 aromatic heterocycles. The van der Waals surface area contributed by atoms with Gasteiger partial charge in [0.05, 0.1) is 20.1 Å². The van der Waals surface area contributed by atoms with Gasteiger partial charge in [0.2, 0.25) is 0 Å². The van der Waals surface area contributed by atoms with Gasteiger partial charge in [0, 0.05) is 15.6 Å². The Morgan fingerprint density at radius 2 is 1.57 bits per heavy atom. The first-order valence-corrected chi connectivity index (χ1v) is 7.68. The molecule has 2 aromatic rings. The highest BCUT2D eigenvalue weighted by Gasteiger charge is 2.08. The molecule has 3 nitrogen and oxygen atoms in total. The third kappa shape index (κ3) is 4.05. The van der Waals surface area contributed by atoms with Crippen molar-refractivity contribution in [1.82, 2.24) is 0 Å². The number of methoxy groups -OCH3 is 2. The molecule has 0 fully saturated rings. The van der Waals surface area contributed by atoms with Crippen LogP contribution in [-0.2, 0) is 12.5 Å². The highest BCUT2D eigenvalue weighted by atomic mass is 79.9. The standard InChI is InChI=1S/C16H16BrClO3/c1-19-13-3-5-15(17)12(8-13)10-21-16-6-4-14(20-2)7-11(16)9-18/h3-8H,9-10H2,1-2H3. The Kier molecular flexibility index (Phi) is 5.76. The van der Waals surface area contributed by atoms with E-state index in [-0.39, 0.29) is 0 Å². The second-order valence-electron chi connectivity index (χ2n) is 4.35. The number of rotatable bonds is 6. The van der Waals surface area contributed by atoms with Crippen LogP contribution in [0.25, 0.3) is 0 Å². The summed E-state index contributed by atoms with van der Waals surface area (Å²) in [6.07, 6.45) is 0. The quantitative estimate of drug-likeness (QED) is 0.684. The first-order chi connectivity index (χ1) is 10.2. The maximum absolute atomic E-state index is 5.96. The van der Waals surface area contributed by atoms with Crippen LogP contribution in [0.5, 0.6) is 17.2 Å². The van der Waals surface area contributed by atoms with Crippen LogP contribution in [0.1, 0.15) is 11.1 Å². The molecule has 0 heterocycles. The van der Waals surface area contributed by atoms with Crippen LogP contribution in [-0.4, -0.2) is 14.2 Å². The van der Waals surface area contributed by atoms with E-state index in [1.54, 1.807) is 14.2 Å². The number of hydrogen-bond acceptors (Lipinski definition) is 3. The summed E-state index contributed by atoms with van der Waals surface area (Å²) in [5.74, 6) is 2.68. The van der Waals surface area contributed by atoms with E-state index in [1.165, 1.54) is 0 Å². The van der Waals surface area contributed by atoms with Crippen LogP contribution in [0.2, 0.25) is 0 Å². The number of halogens is 2.